The third-order valence-corrected chi connectivity index (χ3v) is 4.12. The Morgan fingerprint density at radius 1 is 0.867 bits per heavy atom. The van der Waals surface area contributed by atoms with Crippen molar-refractivity contribution in [2.45, 2.75) is 19.8 Å². The van der Waals surface area contributed by atoms with Gasteiger partial charge in [0.15, 0.2) is 0 Å². The van der Waals surface area contributed by atoms with Gasteiger partial charge >= 0.3 is 0 Å². The van der Waals surface area contributed by atoms with E-state index in [0.717, 1.165) is 22.6 Å². The molecule has 0 unspecified atom stereocenters. The minimum atomic E-state index is -0.331. The summed E-state index contributed by atoms with van der Waals surface area (Å²) in [6.07, 6.45) is 1.66. The summed E-state index contributed by atoms with van der Waals surface area (Å²) in [6, 6.07) is 24.3. The van der Waals surface area contributed by atoms with Crippen molar-refractivity contribution in [3.05, 3.63) is 90.0 Å². The van der Waals surface area contributed by atoms with Crippen molar-refractivity contribution in [1.82, 2.24) is 5.43 Å². The molecule has 0 aliphatic carbocycles. The summed E-state index contributed by atoms with van der Waals surface area (Å²) in [6.45, 7) is 1.95. The fourth-order valence-corrected chi connectivity index (χ4v) is 2.69. The lowest BCUT2D eigenvalue weighted by Gasteiger charge is -2.06. The number of benzene rings is 3. The molecule has 3 aromatic rings. The lowest BCUT2D eigenvalue weighted by Crippen LogP contribution is -2.20. The molecule has 0 bridgehead atoms. The molecule has 3 aromatic carbocycles. The van der Waals surface area contributed by atoms with Crippen LogP contribution in [0.5, 0.6) is 11.5 Å². The lowest BCUT2D eigenvalue weighted by atomic mass is 10.2. The number of nitrogens with zero attached hydrogens (tertiary/aromatic N) is 1. The number of aryl methyl sites for hydroxylation is 1. The second-order valence-corrected chi connectivity index (χ2v) is 6.70. The van der Waals surface area contributed by atoms with Gasteiger partial charge in [0.1, 0.15) is 11.5 Å². The van der Waals surface area contributed by atoms with Crippen LogP contribution in [0.4, 0.5) is 5.69 Å². The molecule has 0 heterocycles. The molecular formula is C24H23N3O3. The Labute approximate surface area is 175 Å². The Hall–Kier alpha value is -3.93. The minimum Gasteiger partial charge on any atom is -0.457 e. The highest BCUT2D eigenvalue weighted by Crippen LogP contribution is 2.21. The summed E-state index contributed by atoms with van der Waals surface area (Å²) in [5, 5.41) is 6.73. The number of ether oxygens (including phenoxy) is 1. The van der Waals surface area contributed by atoms with E-state index in [2.05, 4.69) is 15.8 Å². The topological polar surface area (TPSA) is 79.8 Å². The first-order valence-corrected chi connectivity index (χ1v) is 9.60. The van der Waals surface area contributed by atoms with Crippen LogP contribution in [0.25, 0.3) is 0 Å². The number of para-hydroxylation sites is 1. The van der Waals surface area contributed by atoms with Gasteiger partial charge in [0, 0.05) is 18.5 Å². The SMILES string of the molecule is Cc1cccc(NC(=O)CCC(=O)N/N=C/c2cccc(Oc3ccccc3)c2)c1. The smallest absolute Gasteiger partial charge is 0.240 e. The molecule has 6 heteroatoms. The molecule has 3 rings (SSSR count). The standard InChI is InChI=1S/C24H23N3O3/c1-18-7-5-9-20(15-18)26-23(28)13-14-24(29)27-25-17-19-8-6-12-22(16-19)30-21-10-3-2-4-11-21/h2-12,15-17H,13-14H2,1H3,(H,26,28)(H,27,29)/b25-17+. The number of anilines is 1. The molecule has 0 aliphatic rings. The number of carbonyl (C=O) groups excluding carboxylic acids is 2. The first kappa shape index (κ1) is 20.8. The van der Waals surface area contributed by atoms with Gasteiger partial charge in [0.25, 0.3) is 0 Å². The molecule has 6 nitrogen and oxygen atoms in total. The van der Waals surface area contributed by atoms with Crippen LogP contribution in [-0.2, 0) is 9.59 Å². The van der Waals surface area contributed by atoms with Gasteiger partial charge in [-0.25, -0.2) is 5.43 Å². The molecule has 0 fully saturated rings. The second-order valence-electron chi connectivity index (χ2n) is 6.70. The molecule has 0 aromatic heterocycles. The maximum atomic E-state index is 12.0. The predicted molar refractivity (Wildman–Crippen MR) is 118 cm³/mol. The Kier molecular flexibility index (Phi) is 7.33. The maximum Gasteiger partial charge on any atom is 0.240 e. The van der Waals surface area contributed by atoms with Crippen LogP contribution >= 0.6 is 0 Å². The van der Waals surface area contributed by atoms with Gasteiger partial charge in [0.2, 0.25) is 11.8 Å². The highest BCUT2D eigenvalue weighted by Gasteiger charge is 2.07. The van der Waals surface area contributed by atoms with Crippen molar-refractivity contribution in [3.63, 3.8) is 0 Å². The third-order valence-electron chi connectivity index (χ3n) is 4.12. The Morgan fingerprint density at radius 2 is 1.60 bits per heavy atom. The normalized spacial score (nSPS) is 10.6. The first-order chi connectivity index (χ1) is 14.6. The number of hydrazone groups is 1. The van der Waals surface area contributed by atoms with Crippen LogP contribution in [0.2, 0.25) is 0 Å². The van der Waals surface area contributed by atoms with Gasteiger partial charge in [-0.15, -0.1) is 0 Å². The van der Waals surface area contributed by atoms with Gasteiger partial charge in [0.05, 0.1) is 6.21 Å². The Morgan fingerprint density at radius 3 is 2.40 bits per heavy atom. The van der Waals surface area contributed by atoms with Crippen molar-refractivity contribution in [3.8, 4) is 11.5 Å². The number of hydrogen-bond donors (Lipinski definition) is 2. The van der Waals surface area contributed by atoms with Crippen molar-refractivity contribution in [2.24, 2.45) is 5.10 Å². The Balaban J connectivity index is 1.44. The lowest BCUT2D eigenvalue weighted by molar-refractivity contribution is -0.124. The molecule has 0 saturated carbocycles. The van der Waals surface area contributed by atoms with E-state index in [1.54, 1.807) is 0 Å². The highest BCUT2D eigenvalue weighted by atomic mass is 16.5. The van der Waals surface area contributed by atoms with Gasteiger partial charge in [-0.3, -0.25) is 9.59 Å². The molecule has 0 radical (unpaired) electrons. The zero-order valence-corrected chi connectivity index (χ0v) is 16.7. The Bertz CT molecular complexity index is 1030. The molecular weight excluding hydrogens is 378 g/mol. The summed E-state index contributed by atoms with van der Waals surface area (Å²) in [5.74, 6) is 0.862. The average Bonchev–Trinajstić information content (AvgIpc) is 2.73. The summed E-state index contributed by atoms with van der Waals surface area (Å²) < 4.78 is 5.77. The minimum absolute atomic E-state index is 0.0478. The molecule has 0 spiro atoms. The van der Waals surface area contributed by atoms with Crippen LogP contribution in [0.1, 0.15) is 24.0 Å². The van der Waals surface area contributed by atoms with Gasteiger partial charge in [-0.05, 0) is 54.4 Å². The van der Waals surface area contributed by atoms with E-state index >= 15 is 0 Å². The number of rotatable bonds is 8. The third kappa shape index (κ3) is 6.91. The zero-order chi connectivity index (χ0) is 21.2. The summed E-state index contributed by atoms with van der Waals surface area (Å²) in [7, 11) is 0. The molecule has 30 heavy (non-hydrogen) atoms. The van der Waals surface area contributed by atoms with Crippen LogP contribution in [-0.4, -0.2) is 18.0 Å². The summed E-state index contributed by atoms with van der Waals surface area (Å²) in [4.78, 5) is 23.9. The average molecular weight is 401 g/mol. The quantitative estimate of drug-likeness (QED) is 0.426. The van der Waals surface area contributed by atoms with E-state index < -0.39 is 0 Å². The van der Waals surface area contributed by atoms with E-state index in [-0.39, 0.29) is 24.7 Å². The zero-order valence-electron chi connectivity index (χ0n) is 16.7. The number of carbonyl (C=O) groups is 2. The summed E-state index contributed by atoms with van der Waals surface area (Å²) in [5.41, 5.74) is 4.99. The predicted octanol–water partition coefficient (Wildman–Crippen LogP) is 4.66. The van der Waals surface area contributed by atoms with Crippen LogP contribution in [0.3, 0.4) is 0 Å². The van der Waals surface area contributed by atoms with Gasteiger partial charge in [-0.1, -0.05) is 42.5 Å². The highest BCUT2D eigenvalue weighted by molar-refractivity contribution is 5.93. The largest absolute Gasteiger partial charge is 0.457 e. The van der Waals surface area contributed by atoms with Crippen molar-refractivity contribution < 1.29 is 14.3 Å². The summed E-state index contributed by atoms with van der Waals surface area (Å²) >= 11 is 0. The fourth-order valence-electron chi connectivity index (χ4n) is 2.69. The van der Waals surface area contributed by atoms with Crippen LogP contribution in [0.15, 0.2) is 84.0 Å². The molecule has 152 valence electrons. The van der Waals surface area contributed by atoms with Crippen molar-refractivity contribution in [1.29, 1.82) is 0 Å². The van der Waals surface area contributed by atoms with Gasteiger partial charge < -0.3 is 10.1 Å². The molecule has 0 saturated heterocycles. The van der Waals surface area contributed by atoms with E-state index in [0.29, 0.717) is 5.75 Å². The monoisotopic (exact) mass is 401 g/mol. The number of hydrogen-bond acceptors (Lipinski definition) is 4. The van der Waals surface area contributed by atoms with Crippen molar-refractivity contribution in [2.75, 3.05) is 5.32 Å². The molecule has 2 N–H and O–H groups in total. The maximum absolute atomic E-state index is 12.0. The van der Waals surface area contributed by atoms with Crippen LogP contribution in [0, 0.1) is 6.92 Å². The van der Waals surface area contributed by atoms with Crippen molar-refractivity contribution >= 4 is 23.7 Å². The van der Waals surface area contributed by atoms with Crippen LogP contribution < -0.4 is 15.5 Å². The second kappa shape index (κ2) is 10.6. The molecule has 0 atom stereocenters. The van der Waals surface area contributed by atoms with E-state index in [1.807, 2.05) is 85.8 Å². The first-order valence-electron chi connectivity index (χ1n) is 9.60. The number of amides is 2. The van der Waals surface area contributed by atoms with Gasteiger partial charge in [-0.2, -0.15) is 5.10 Å². The number of nitrogens with one attached hydrogen (secondary N) is 2. The van der Waals surface area contributed by atoms with E-state index in [1.165, 1.54) is 6.21 Å². The molecule has 0 aliphatic heterocycles. The van der Waals surface area contributed by atoms with E-state index in [4.69, 9.17) is 4.74 Å². The van der Waals surface area contributed by atoms with E-state index in [9.17, 15) is 9.59 Å². The molecule has 2 amide bonds. The fraction of sp³-hybridized carbons (Fsp3) is 0.125.